The number of nitrogens with zero attached hydrogens (tertiary/aromatic N) is 1. The van der Waals surface area contributed by atoms with E-state index >= 15 is 0 Å². The molecule has 0 unspecified atom stereocenters. The van der Waals surface area contributed by atoms with E-state index in [0.717, 1.165) is 24.4 Å². The van der Waals surface area contributed by atoms with Gasteiger partial charge in [0.2, 0.25) is 0 Å². The van der Waals surface area contributed by atoms with Crippen molar-refractivity contribution < 1.29 is 14.6 Å². The second-order valence-corrected chi connectivity index (χ2v) is 3.71. The summed E-state index contributed by atoms with van der Waals surface area (Å²) in [5.74, 6) is -0.103. The Balaban J connectivity index is 2.37. The molecule has 0 bridgehead atoms. The van der Waals surface area contributed by atoms with E-state index in [2.05, 4.69) is 4.90 Å². The third kappa shape index (κ3) is 2.10. The van der Waals surface area contributed by atoms with Crippen LogP contribution in [0, 0.1) is 0 Å². The minimum atomic E-state index is -0.898. The fourth-order valence-electron chi connectivity index (χ4n) is 1.66. The topological polar surface area (TPSA) is 49.8 Å². The van der Waals surface area contributed by atoms with Crippen molar-refractivity contribution in [1.29, 1.82) is 0 Å². The molecule has 0 saturated heterocycles. The van der Waals surface area contributed by atoms with Crippen molar-refractivity contribution in [3.05, 3.63) is 29.3 Å². The van der Waals surface area contributed by atoms with Gasteiger partial charge in [0.1, 0.15) is 12.4 Å². The third-order valence-corrected chi connectivity index (χ3v) is 2.48. The first kappa shape index (κ1) is 9.98. The molecule has 0 aromatic heterocycles. The highest BCUT2D eigenvalue weighted by Crippen LogP contribution is 2.23. The molecule has 0 fully saturated rings. The molecule has 0 aliphatic carbocycles. The lowest BCUT2D eigenvalue weighted by Crippen LogP contribution is -2.20. The Bertz CT molecular complexity index is 389. The van der Waals surface area contributed by atoms with E-state index < -0.39 is 5.97 Å². The molecule has 0 amide bonds. The van der Waals surface area contributed by atoms with Gasteiger partial charge in [-0.25, -0.2) is 4.79 Å². The van der Waals surface area contributed by atoms with Crippen LogP contribution in [0.3, 0.4) is 0 Å². The van der Waals surface area contributed by atoms with Crippen LogP contribution in [0.2, 0.25) is 0 Å². The average Bonchev–Trinajstić information content (AvgIpc) is 2.37. The fourth-order valence-corrected chi connectivity index (χ4v) is 1.66. The smallest absolute Gasteiger partial charge is 0.335 e. The maximum Gasteiger partial charge on any atom is 0.335 e. The molecule has 0 saturated carbocycles. The van der Waals surface area contributed by atoms with Crippen LogP contribution in [0.5, 0.6) is 5.75 Å². The van der Waals surface area contributed by atoms with Crippen LogP contribution in [-0.2, 0) is 6.54 Å². The molecule has 1 aliphatic heterocycles. The number of hydrogen-bond donors (Lipinski definition) is 1. The number of carboxylic acids is 1. The first-order chi connectivity index (χ1) is 7.16. The molecule has 80 valence electrons. The second kappa shape index (κ2) is 3.90. The van der Waals surface area contributed by atoms with Crippen LogP contribution in [0.25, 0.3) is 0 Å². The lowest BCUT2D eigenvalue weighted by molar-refractivity contribution is 0.0696. The summed E-state index contributed by atoms with van der Waals surface area (Å²) in [6.07, 6.45) is 0. The third-order valence-electron chi connectivity index (χ3n) is 2.48. The number of carbonyl (C=O) groups is 1. The largest absolute Gasteiger partial charge is 0.492 e. The van der Waals surface area contributed by atoms with Crippen LogP contribution in [0.1, 0.15) is 15.9 Å². The fraction of sp³-hybridized carbons (Fsp3) is 0.364. The van der Waals surface area contributed by atoms with Crippen molar-refractivity contribution in [2.75, 3.05) is 20.2 Å². The van der Waals surface area contributed by atoms with Crippen LogP contribution >= 0.6 is 0 Å². The summed E-state index contributed by atoms with van der Waals surface area (Å²) in [6, 6.07) is 4.99. The molecule has 1 N–H and O–H groups in total. The number of likely N-dealkylation sites (N-methyl/N-ethyl adjacent to an activating group) is 1. The Morgan fingerprint density at radius 3 is 3.07 bits per heavy atom. The Labute approximate surface area is 88.1 Å². The van der Waals surface area contributed by atoms with Gasteiger partial charge >= 0.3 is 5.97 Å². The van der Waals surface area contributed by atoms with Crippen molar-refractivity contribution in [3.8, 4) is 5.75 Å². The number of hydrogen-bond acceptors (Lipinski definition) is 3. The van der Waals surface area contributed by atoms with E-state index in [1.807, 2.05) is 7.05 Å². The molecule has 4 heteroatoms. The van der Waals surface area contributed by atoms with E-state index in [1.54, 1.807) is 18.2 Å². The predicted octanol–water partition coefficient (Wildman–Crippen LogP) is 1.21. The van der Waals surface area contributed by atoms with Crippen LogP contribution in [0.4, 0.5) is 0 Å². The Kier molecular flexibility index (Phi) is 2.60. The van der Waals surface area contributed by atoms with E-state index in [9.17, 15) is 4.79 Å². The Morgan fingerprint density at radius 2 is 2.33 bits per heavy atom. The van der Waals surface area contributed by atoms with Crippen molar-refractivity contribution in [1.82, 2.24) is 4.90 Å². The quantitative estimate of drug-likeness (QED) is 0.752. The molecular formula is C11H13NO3. The summed E-state index contributed by atoms with van der Waals surface area (Å²) in [7, 11) is 1.99. The molecular weight excluding hydrogens is 194 g/mol. The van der Waals surface area contributed by atoms with E-state index in [1.165, 1.54) is 0 Å². The molecule has 0 atom stereocenters. The summed E-state index contributed by atoms with van der Waals surface area (Å²) in [6.45, 7) is 2.24. The minimum absolute atomic E-state index is 0.313. The number of ether oxygens (including phenoxy) is 1. The summed E-state index contributed by atoms with van der Waals surface area (Å²) in [5, 5.41) is 8.87. The molecule has 4 nitrogen and oxygen atoms in total. The first-order valence-corrected chi connectivity index (χ1v) is 4.84. The highest BCUT2D eigenvalue weighted by molar-refractivity contribution is 5.88. The van der Waals surface area contributed by atoms with Gasteiger partial charge in [-0.05, 0) is 25.2 Å². The van der Waals surface area contributed by atoms with Crippen molar-refractivity contribution in [3.63, 3.8) is 0 Å². The summed E-state index contributed by atoms with van der Waals surface area (Å²) in [4.78, 5) is 12.9. The zero-order chi connectivity index (χ0) is 10.8. The zero-order valence-electron chi connectivity index (χ0n) is 8.56. The standard InChI is InChI=1S/C11H13NO3/c1-12-4-5-15-10-3-2-8(11(13)14)6-9(10)7-12/h2-3,6H,4-5,7H2,1H3,(H,13,14). The van der Waals surface area contributed by atoms with E-state index in [4.69, 9.17) is 9.84 Å². The molecule has 1 aromatic carbocycles. The SMILES string of the molecule is CN1CCOc2ccc(C(=O)O)cc2C1. The Morgan fingerprint density at radius 1 is 1.53 bits per heavy atom. The molecule has 1 aromatic rings. The van der Waals surface area contributed by atoms with Gasteiger partial charge in [0.25, 0.3) is 0 Å². The zero-order valence-corrected chi connectivity index (χ0v) is 8.56. The van der Waals surface area contributed by atoms with Gasteiger partial charge in [-0.15, -0.1) is 0 Å². The molecule has 0 radical (unpaired) electrons. The predicted molar refractivity (Wildman–Crippen MR) is 55.2 cm³/mol. The summed E-state index contributed by atoms with van der Waals surface area (Å²) in [5.41, 5.74) is 1.25. The van der Waals surface area contributed by atoms with Crippen LogP contribution < -0.4 is 4.74 Å². The average molecular weight is 207 g/mol. The number of fused-ring (bicyclic) bond motifs is 1. The maximum atomic E-state index is 10.8. The van der Waals surface area contributed by atoms with Gasteiger partial charge in [-0.2, -0.15) is 0 Å². The Hall–Kier alpha value is -1.55. The maximum absolute atomic E-state index is 10.8. The minimum Gasteiger partial charge on any atom is -0.492 e. The number of benzene rings is 1. The molecule has 1 heterocycles. The highest BCUT2D eigenvalue weighted by atomic mass is 16.5. The van der Waals surface area contributed by atoms with Crippen LogP contribution in [-0.4, -0.2) is 36.2 Å². The van der Waals surface area contributed by atoms with Gasteiger partial charge in [0.05, 0.1) is 5.56 Å². The molecule has 1 aliphatic rings. The van der Waals surface area contributed by atoms with Gasteiger partial charge in [0, 0.05) is 18.7 Å². The molecule has 0 spiro atoms. The van der Waals surface area contributed by atoms with Crippen molar-refractivity contribution >= 4 is 5.97 Å². The van der Waals surface area contributed by atoms with Gasteiger partial charge in [-0.3, -0.25) is 4.90 Å². The number of carboxylic acid groups (broad SMARTS) is 1. The lowest BCUT2D eigenvalue weighted by atomic mass is 10.1. The second-order valence-electron chi connectivity index (χ2n) is 3.71. The lowest BCUT2D eigenvalue weighted by Gasteiger charge is -2.11. The van der Waals surface area contributed by atoms with Crippen LogP contribution in [0.15, 0.2) is 18.2 Å². The first-order valence-electron chi connectivity index (χ1n) is 4.84. The van der Waals surface area contributed by atoms with Gasteiger partial charge < -0.3 is 9.84 Å². The number of aromatic carboxylic acids is 1. The van der Waals surface area contributed by atoms with E-state index in [-0.39, 0.29) is 0 Å². The summed E-state index contributed by atoms with van der Waals surface area (Å²) >= 11 is 0. The van der Waals surface area contributed by atoms with Gasteiger partial charge in [-0.1, -0.05) is 0 Å². The van der Waals surface area contributed by atoms with Gasteiger partial charge in [0.15, 0.2) is 0 Å². The monoisotopic (exact) mass is 207 g/mol. The highest BCUT2D eigenvalue weighted by Gasteiger charge is 2.14. The normalized spacial score (nSPS) is 16.3. The van der Waals surface area contributed by atoms with E-state index in [0.29, 0.717) is 12.2 Å². The molecule has 2 rings (SSSR count). The van der Waals surface area contributed by atoms with Crippen molar-refractivity contribution in [2.24, 2.45) is 0 Å². The number of rotatable bonds is 1. The molecule has 15 heavy (non-hydrogen) atoms. The van der Waals surface area contributed by atoms with Crippen molar-refractivity contribution in [2.45, 2.75) is 6.54 Å². The summed E-state index contributed by atoms with van der Waals surface area (Å²) < 4.78 is 5.52.